The minimum atomic E-state index is -4.09. The van der Waals surface area contributed by atoms with Gasteiger partial charge in [0.05, 0.1) is 25.4 Å². The number of fused-ring (bicyclic) bond motifs is 1. The van der Waals surface area contributed by atoms with E-state index in [0.29, 0.717) is 25.2 Å². The number of amides is 1. The summed E-state index contributed by atoms with van der Waals surface area (Å²) in [6.07, 6.45) is -1.41. The Morgan fingerprint density at radius 2 is 1.95 bits per heavy atom. The Balaban J connectivity index is 1.57. The number of carbonyl (C=O) groups excluding carboxylic acids is 1. The highest BCUT2D eigenvalue weighted by Gasteiger charge is 2.33. The Labute approximate surface area is 215 Å². The van der Waals surface area contributed by atoms with Crippen molar-refractivity contribution in [2.24, 2.45) is 5.92 Å². The summed E-state index contributed by atoms with van der Waals surface area (Å²) in [7, 11) is -4.09. The van der Waals surface area contributed by atoms with Gasteiger partial charge in [-0.05, 0) is 40.3 Å². The van der Waals surface area contributed by atoms with Crippen LogP contribution in [0.2, 0.25) is 0 Å². The van der Waals surface area contributed by atoms with Crippen molar-refractivity contribution in [3.8, 4) is 0 Å². The summed E-state index contributed by atoms with van der Waals surface area (Å²) in [6, 6.07) is 13.1. The summed E-state index contributed by atoms with van der Waals surface area (Å²) in [6.45, 7) is 4.49. The largest absolute Gasteiger partial charge is 0.444 e. The molecule has 200 valence electrons. The van der Waals surface area contributed by atoms with Crippen molar-refractivity contribution < 1.29 is 32.4 Å². The summed E-state index contributed by atoms with van der Waals surface area (Å²) in [5.74, 6) is -0.0375. The van der Waals surface area contributed by atoms with E-state index in [9.17, 15) is 18.3 Å². The SMILES string of the molecule is CC(C)CN(C[C@@H](O)[C@H](Cc1ccccc1)NC(=O)O[C@H]1CCOC1)S(=O)(=O)c1cccc2nonc12. The van der Waals surface area contributed by atoms with Crippen molar-refractivity contribution in [3.05, 3.63) is 54.1 Å². The molecule has 2 aromatic carbocycles. The molecule has 4 rings (SSSR count). The topological polar surface area (TPSA) is 144 Å². The van der Waals surface area contributed by atoms with E-state index in [1.54, 1.807) is 12.1 Å². The molecular weight excluding hydrogens is 500 g/mol. The van der Waals surface area contributed by atoms with Gasteiger partial charge in [-0.3, -0.25) is 0 Å². The molecule has 3 atom stereocenters. The maximum absolute atomic E-state index is 13.7. The van der Waals surface area contributed by atoms with E-state index < -0.39 is 28.3 Å². The second-order valence-electron chi connectivity index (χ2n) is 9.50. The van der Waals surface area contributed by atoms with Crippen LogP contribution in [0.4, 0.5) is 4.79 Å². The number of rotatable bonds is 11. The molecule has 37 heavy (non-hydrogen) atoms. The zero-order valence-corrected chi connectivity index (χ0v) is 21.6. The van der Waals surface area contributed by atoms with E-state index in [0.717, 1.165) is 5.56 Å². The number of nitrogens with zero attached hydrogens (tertiary/aromatic N) is 3. The third kappa shape index (κ3) is 6.83. The quantitative estimate of drug-likeness (QED) is 0.380. The maximum atomic E-state index is 13.7. The zero-order valence-electron chi connectivity index (χ0n) is 20.8. The van der Waals surface area contributed by atoms with Crippen LogP contribution in [-0.2, 0) is 25.9 Å². The van der Waals surface area contributed by atoms with Gasteiger partial charge in [-0.1, -0.05) is 50.2 Å². The van der Waals surface area contributed by atoms with Crippen LogP contribution in [0.5, 0.6) is 0 Å². The first-order chi connectivity index (χ1) is 17.7. The average Bonchev–Trinajstić information content (AvgIpc) is 3.55. The standard InChI is InChI=1S/C25H32N4O7S/c1-17(2)14-29(37(32,33)23-10-6-9-20-24(23)28-36-27-20)15-22(30)21(13-18-7-4-3-5-8-18)26-25(31)35-19-11-12-34-16-19/h3-10,17,19,21-22,30H,11-16H2,1-2H3,(H,26,31)/t19-,21-,22+/m0/s1. The Kier molecular flexibility index (Phi) is 8.75. The van der Waals surface area contributed by atoms with Crippen LogP contribution in [0.1, 0.15) is 25.8 Å². The fraction of sp³-hybridized carbons (Fsp3) is 0.480. The molecule has 1 amide bonds. The molecule has 12 heteroatoms. The fourth-order valence-corrected chi connectivity index (χ4v) is 5.99. The first-order valence-electron chi connectivity index (χ1n) is 12.2. The molecule has 0 bridgehead atoms. The van der Waals surface area contributed by atoms with Gasteiger partial charge >= 0.3 is 6.09 Å². The second kappa shape index (κ2) is 12.0. The van der Waals surface area contributed by atoms with Crippen molar-refractivity contribution >= 4 is 27.1 Å². The van der Waals surface area contributed by atoms with E-state index in [4.69, 9.17) is 14.1 Å². The number of carbonyl (C=O) groups is 1. The second-order valence-corrected chi connectivity index (χ2v) is 11.4. The van der Waals surface area contributed by atoms with Gasteiger partial charge in [-0.2, -0.15) is 4.31 Å². The minimum absolute atomic E-state index is 0.0375. The number of nitrogens with one attached hydrogen (secondary N) is 1. The van der Waals surface area contributed by atoms with Gasteiger partial charge in [0.15, 0.2) is 5.52 Å². The smallest absolute Gasteiger partial charge is 0.407 e. The van der Waals surface area contributed by atoms with Gasteiger partial charge in [0.25, 0.3) is 0 Å². The number of aliphatic hydroxyl groups is 1. The minimum Gasteiger partial charge on any atom is -0.444 e. The molecule has 0 saturated carbocycles. The highest BCUT2D eigenvalue weighted by Crippen LogP contribution is 2.25. The number of benzene rings is 2. The van der Waals surface area contributed by atoms with Crippen LogP contribution >= 0.6 is 0 Å². The highest BCUT2D eigenvalue weighted by atomic mass is 32.2. The van der Waals surface area contributed by atoms with Crippen LogP contribution in [-0.4, -0.2) is 78.8 Å². The Morgan fingerprint density at radius 1 is 1.16 bits per heavy atom. The Morgan fingerprint density at radius 3 is 2.65 bits per heavy atom. The first kappa shape index (κ1) is 27.0. The number of hydrogen-bond acceptors (Lipinski definition) is 9. The predicted molar refractivity (Wildman–Crippen MR) is 134 cm³/mol. The van der Waals surface area contributed by atoms with E-state index in [1.165, 1.54) is 10.4 Å². The monoisotopic (exact) mass is 532 g/mol. The molecule has 1 saturated heterocycles. The summed E-state index contributed by atoms with van der Waals surface area (Å²) >= 11 is 0. The van der Waals surface area contributed by atoms with Crippen molar-refractivity contribution in [1.82, 2.24) is 19.9 Å². The molecule has 0 radical (unpaired) electrons. The fourth-order valence-electron chi connectivity index (χ4n) is 4.24. The lowest BCUT2D eigenvalue weighted by Crippen LogP contribution is -2.51. The van der Waals surface area contributed by atoms with Gasteiger partial charge in [0.1, 0.15) is 16.5 Å². The molecule has 0 unspecified atom stereocenters. The number of sulfonamides is 1. The molecule has 11 nitrogen and oxygen atoms in total. The summed E-state index contributed by atoms with van der Waals surface area (Å²) in [4.78, 5) is 12.6. The molecule has 2 heterocycles. The lowest BCUT2D eigenvalue weighted by atomic mass is 10.0. The molecule has 1 aliphatic heterocycles. The predicted octanol–water partition coefficient (Wildman–Crippen LogP) is 2.36. The number of hydrogen-bond donors (Lipinski definition) is 2. The van der Waals surface area contributed by atoms with Crippen LogP contribution in [0, 0.1) is 5.92 Å². The average molecular weight is 533 g/mol. The summed E-state index contributed by atoms with van der Waals surface area (Å²) in [5.41, 5.74) is 1.30. The van der Waals surface area contributed by atoms with Gasteiger partial charge in [0.2, 0.25) is 10.0 Å². The first-order valence-corrected chi connectivity index (χ1v) is 13.7. The van der Waals surface area contributed by atoms with Gasteiger partial charge in [-0.15, -0.1) is 0 Å². The molecular formula is C25H32N4O7S. The third-order valence-corrected chi connectivity index (χ3v) is 7.92. The summed E-state index contributed by atoms with van der Waals surface area (Å²) < 4.78 is 44.1. The van der Waals surface area contributed by atoms with E-state index in [2.05, 4.69) is 15.6 Å². The lowest BCUT2D eigenvalue weighted by molar-refractivity contribution is 0.0644. The normalized spacial score (nSPS) is 17.8. The van der Waals surface area contributed by atoms with Crippen molar-refractivity contribution in [2.75, 3.05) is 26.3 Å². The van der Waals surface area contributed by atoms with E-state index in [-0.39, 0.29) is 41.9 Å². The van der Waals surface area contributed by atoms with Crippen LogP contribution in [0.15, 0.2) is 58.1 Å². The zero-order chi connectivity index (χ0) is 26.4. The summed E-state index contributed by atoms with van der Waals surface area (Å²) in [5, 5.41) is 21.5. The van der Waals surface area contributed by atoms with Gasteiger partial charge in [0, 0.05) is 19.5 Å². The van der Waals surface area contributed by atoms with Crippen LogP contribution in [0.25, 0.3) is 11.0 Å². The van der Waals surface area contributed by atoms with Crippen molar-refractivity contribution in [3.63, 3.8) is 0 Å². The molecule has 1 aliphatic rings. The van der Waals surface area contributed by atoms with E-state index in [1.807, 2.05) is 44.2 Å². The number of aliphatic hydroxyl groups excluding tert-OH is 1. The molecule has 2 N–H and O–H groups in total. The maximum Gasteiger partial charge on any atom is 0.407 e. The van der Waals surface area contributed by atoms with Crippen molar-refractivity contribution in [2.45, 2.75) is 49.8 Å². The van der Waals surface area contributed by atoms with Gasteiger partial charge < -0.3 is 19.9 Å². The number of ether oxygens (including phenoxy) is 2. The molecule has 1 fully saturated rings. The molecule has 1 aromatic heterocycles. The molecule has 0 spiro atoms. The van der Waals surface area contributed by atoms with Crippen LogP contribution < -0.4 is 5.32 Å². The van der Waals surface area contributed by atoms with Crippen molar-refractivity contribution in [1.29, 1.82) is 0 Å². The number of alkyl carbamates (subject to hydrolysis) is 1. The molecule has 0 aliphatic carbocycles. The Bertz CT molecular complexity index is 1280. The van der Waals surface area contributed by atoms with E-state index >= 15 is 0 Å². The van der Waals surface area contributed by atoms with Gasteiger partial charge in [-0.25, -0.2) is 17.8 Å². The lowest BCUT2D eigenvalue weighted by Gasteiger charge is -2.30. The Hall–Kier alpha value is -3.06. The van der Waals surface area contributed by atoms with Crippen LogP contribution in [0.3, 0.4) is 0 Å². The third-order valence-electron chi connectivity index (χ3n) is 6.05. The number of aromatic nitrogens is 2. The highest BCUT2D eigenvalue weighted by molar-refractivity contribution is 7.89. The molecule has 3 aromatic rings.